The van der Waals surface area contributed by atoms with E-state index in [-0.39, 0.29) is 0 Å². The molecule has 0 radical (unpaired) electrons. The number of aromatic nitrogens is 3. The summed E-state index contributed by atoms with van der Waals surface area (Å²) >= 11 is 0. The van der Waals surface area contributed by atoms with Gasteiger partial charge < -0.3 is 9.72 Å². The van der Waals surface area contributed by atoms with Gasteiger partial charge in [0.05, 0.1) is 7.11 Å². The number of fused-ring (bicyclic) bond motifs is 1. The molecule has 0 amide bonds. The van der Waals surface area contributed by atoms with Gasteiger partial charge in [-0.1, -0.05) is 12.1 Å². The largest absolute Gasteiger partial charge is 0.484 e. The molecule has 0 fully saturated rings. The smallest absolute Gasteiger partial charge is 0.183 e. The number of allylic oxidation sites excluding steroid dienone is 2. The van der Waals surface area contributed by atoms with Gasteiger partial charge >= 0.3 is 0 Å². The lowest BCUT2D eigenvalue weighted by atomic mass is 9.99. The second-order valence-corrected chi connectivity index (χ2v) is 5.95. The molecule has 0 aliphatic rings. The summed E-state index contributed by atoms with van der Waals surface area (Å²) in [4.78, 5) is 16.4. The second-order valence-electron chi connectivity index (χ2n) is 5.95. The van der Waals surface area contributed by atoms with Crippen LogP contribution in [-0.2, 0) is 4.74 Å². The number of pyridine rings is 2. The van der Waals surface area contributed by atoms with Crippen LogP contribution in [0.25, 0.3) is 27.7 Å². The van der Waals surface area contributed by atoms with Crippen molar-refractivity contribution >= 4 is 22.5 Å². The molecule has 0 unspecified atom stereocenters. The summed E-state index contributed by atoms with van der Waals surface area (Å²) in [6.07, 6.45) is 11.4. The van der Waals surface area contributed by atoms with Crippen molar-refractivity contribution in [2.75, 3.05) is 13.7 Å². The molecule has 5 heteroatoms. The lowest BCUT2D eigenvalue weighted by molar-refractivity contribution is 0.389. The van der Waals surface area contributed by atoms with Gasteiger partial charge in [0.2, 0.25) is 0 Å². The minimum absolute atomic E-state index is 0.736. The highest BCUT2D eigenvalue weighted by atomic mass is 16.5. The van der Waals surface area contributed by atoms with Gasteiger partial charge in [-0.3, -0.25) is 9.98 Å². The molecule has 3 heterocycles. The van der Waals surface area contributed by atoms with Gasteiger partial charge in [-0.25, -0.2) is 4.98 Å². The summed E-state index contributed by atoms with van der Waals surface area (Å²) in [5, 5.41) is 1.12. The number of aromatic amines is 1. The van der Waals surface area contributed by atoms with Gasteiger partial charge in [0.1, 0.15) is 5.65 Å². The van der Waals surface area contributed by atoms with Crippen LogP contribution >= 0.6 is 0 Å². The minimum Gasteiger partial charge on any atom is -0.484 e. The van der Waals surface area contributed by atoms with E-state index < -0.39 is 0 Å². The van der Waals surface area contributed by atoms with Gasteiger partial charge in [0.25, 0.3) is 0 Å². The summed E-state index contributed by atoms with van der Waals surface area (Å²) in [6, 6.07) is 6.16. The van der Waals surface area contributed by atoms with Gasteiger partial charge in [-0.05, 0) is 38.0 Å². The fourth-order valence-electron chi connectivity index (χ4n) is 3.06. The molecule has 0 atom stereocenters. The molecule has 26 heavy (non-hydrogen) atoms. The second kappa shape index (κ2) is 8.43. The van der Waals surface area contributed by atoms with Gasteiger partial charge in [-0.15, -0.1) is 0 Å². The molecule has 0 saturated heterocycles. The van der Waals surface area contributed by atoms with Crippen molar-refractivity contribution in [3.63, 3.8) is 0 Å². The Balaban J connectivity index is 1.92. The first kappa shape index (κ1) is 17.9. The first-order valence-electron chi connectivity index (χ1n) is 8.87. The highest BCUT2D eigenvalue weighted by Crippen LogP contribution is 2.30. The number of rotatable bonds is 6. The van der Waals surface area contributed by atoms with Crippen LogP contribution in [0.15, 0.2) is 54.1 Å². The Hall–Kier alpha value is -2.95. The lowest BCUT2D eigenvalue weighted by Crippen LogP contribution is -2.02. The monoisotopic (exact) mass is 348 g/mol. The van der Waals surface area contributed by atoms with Gasteiger partial charge in [0, 0.05) is 59.8 Å². The maximum Gasteiger partial charge on any atom is 0.183 e. The molecule has 0 saturated carbocycles. The van der Waals surface area contributed by atoms with E-state index in [4.69, 9.17) is 4.74 Å². The van der Waals surface area contributed by atoms with E-state index in [1.165, 1.54) is 11.1 Å². The molecule has 0 aliphatic heterocycles. The van der Waals surface area contributed by atoms with Crippen molar-refractivity contribution in [2.45, 2.75) is 26.7 Å². The first-order chi connectivity index (χ1) is 12.8. The highest BCUT2D eigenvalue weighted by Gasteiger charge is 2.12. The average Bonchev–Trinajstić information content (AvgIpc) is 3.11. The van der Waals surface area contributed by atoms with E-state index in [2.05, 4.69) is 39.0 Å². The van der Waals surface area contributed by atoms with E-state index >= 15 is 0 Å². The Bertz CT molecular complexity index is 926. The summed E-state index contributed by atoms with van der Waals surface area (Å²) in [5.41, 5.74) is 5.44. The predicted octanol–water partition coefficient (Wildman–Crippen LogP) is 4.87. The molecule has 3 rings (SSSR count). The van der Waals surface area contributed by atoms with Crippen molar-refractivity contribution in [3.8, 4) is 11.1 Å². The zero-order valence-electron chi connectivity index (χ0n) is 15.5. The third-order valence-corrected chi connectivity index (χ3v) is 4.40. The van der Waals surface area contributed by atoms with E-state index in [1.807, 2.05) is 37.6 Å². The molecule has 134 valence electrons. The van der Waals surface area contributed by atoms with Crippen molar-refractivity contribution in [1.82, 2.24) is 15.0 Å². The fourth-order valence-corrected chi connectivity index (χ4v) is 3.06. The number of methoxy groups -OCH3 is 1. The Morgan fingerprint density at radius 1 is 1.27 bits per heavy atom. The third-order valence-electron chi connectivity index (χ3n) is 4.40. The van der Waals surface area contributed by atoms with Crippen LogP contribution in [0, 0.1) is 0 Å². The predicted molar refractivity (Wildman–Crippen MR) is 107 cm³/mol. The SMILES string of the molecule is C/C=C(\CCC(=NCC)OC)c1c[nH]c2ncc(-c3cccnc3)cc12. The van der Waals surface area contributed by atoms with Crippen LogP contribution in [0.2, 0.25) is 0 Å². The van der Waals surface area contributed by atoms with Crippen molar-refractivity contribution in [2.24, 2.45) is 4.99 Å². The molecule has 0 aromatic carbocycles. The maximum atomic E-state index is 5.36. The van der Waals surface area contributed by atoms with Gasteiger partial charge in [-0.2, -0.15) is 0 Å². The topological polar surface area (TPSA) is 63.2 Å². The molecular weight excluding hydrogens is 324 g/mol. The van der Waals surface area contributed by atoms with Gasteiger partial charge in [0.15, 0.2) is 5.90 Å². The molecule has 1 N–H and O–H groups in total. The molecular formula is C21H24N4O. The summed E-state index contributed by atoms with van der Waals surface area (Å²) in [7, 11) is 1.68. The Morgan fingerprint density at radius 2 is 2.15 bits per heavy atom. The highest BCUT2D eigenvalue weighted by molar-refractivity contribution is 5.93. The quantitative estimate of drug-likeness (QED) is 0.510. The van der Waals surface area contributed by atoms with E-state index in [9.17, 15) is 0 Å². The van der Waals surface area contributed by atoms with Crippen LogP contribution in [0.1, 0.15) is 32.3 Å². The zero-order chi connectivity index (χ0) is 18.4. The number of H-pyrrole nitrogens is 1. The molecule has 0 aliphatic carbocycles. The molecule has 0 spiro atoms. The van der Waals surface area contributed by atoms with E-state index in [1.54, 1.807) is 13.3 Å². The number of hydrogen-bond acceptors (Lipinski definition) is 4. The summed E-state index contributed by atoms with van der Waals surface area (Å²) in [5.74, 6) is 0.792. The maximum absolute atomic E-state index is 5.36. The zero-order valence-corrected chi connectivity index (χ0v) is 15.5. The number of nitrogens with zero attached hydrogens (tertiary/aromatic N) is 3. The normalized spacial score (nSPS) is 12.6. The number of ether oxygens (including phenoxy) is 1. The Morgan fingerprint density at radius 3 is 2.85 bits per heavy atom. The number of hydrogen-bond donors (Lipinski definition) is 1. The van der Waals surface area contributed by atoms with Crippen LogP contribution in [-0.4, -0.2) is 34.5 Å². The van der Waals surface area contributed by atoms with E-state index in [0.717, 1.165) is 47.4 Å². The summed E-state index contributed by atoms with van der Waals surface area (Å²) < 4.78 is 5.36. The van der Waals surface area contributed by atoms with Crippen molar-refractivity contribution < 1.29 is 4.74 Å². The van der Waals surface area contributed by atoms with Crippen LogP contribution < -0.4 is 0 Å². The summed E-state index contributed by atoms with van der Waals surface area (Å²) in [6.45, 7) is 4.82. The van der Waals surface area contributed by atoms with Crippen LogP contribution in [0.4, 0.5) is 0 Å². The van der Waals surface area contributed by atoms with Crippen LogP contribution in [0.3, 0.4) is 0 Å². The van der Waals surface area contributed by atoms with Crippen LogP contribution in [0.5, 0.6) is 0 Å². The molecule has 5 nitrogen and oxygen atoms in total. The fraction of sp³-hybridized carbons (Fsp3) is 0.286. The van der Waals surface area contributed by atoms with E-state index in [0.29, 0.717) is 0 Å². The van der Waals surface area contributed by atoms with Crippen molar-refractivity contribution in [3.05, 3.63) is 54.6 Å². The standard InChI is InChI=1S/C21H24N4O/c1-4-15(8-9-20(26-3)23-5-2)19-14-25-21-18(19)11-17(13-24-21)16-7-6-10-22-12-16/h4,6-7,10-14H,5,8-9H2,1-3H3,(H,24,25)/b15-4+,23-20?. The Labute approximate surface area is 153 Å². The third kappa shape index (κ3) is 3.82. The molecule has 3 aromatic rings. The minimum atomic E-state index is 0.736. The molecule has 3 aromatic heterocycles. The number of nitrogens with one attached hydrogen (secondary N) is 1. The van der Waals surface area contributed by atoms with Crippen molar-refractivity contribution in [1.29, 1.82) is 0 Å². The number of aliphatic imine (C=N–C) groups is 1. The average molecular weight is 348 g/mol. The Kier molecular flexibility index (Phi) is 5.79. The molecule has 0 bridgehead atoms. The lowest BCUT2D eigenvalue weighted by Gasteiger charge is -2.09. The first-order valence-corrected chi connectivity index (χ1v) is 8.87.